The molecule has 6 aliphatic rings. The van der Waals surface area contributed by atoms with Gasteiger partial charge < -0.3 is 19.6 Å². The zero-order chi connectivity index (χ0) is 21.0. The van der Waals surface area contributed by atoms with E-state index in [4.69, 9.17) is 0 Å². The molecule has 0 spiro atoms. The van der Waals surface area contributed by atoms with Gasteiger partial charge in [-0.25, -0.2) is 9.97 Å². The number of rotatable bonds is 3. The van der Waals surface area contributed by atoms with Crippen LogP contribution in [0.2, 0.25) is 0 Å². The van der Waals surface area contributed by atoms with E-state index in [9.17, 15) is 4.79 Å². The van der Waals surface area contributed by atoms with Gasteiger partial charge in [-0.15, -0.1) is 0 Å². The van der Waals surface area contributed by atoms with E-state index in [1.807, 2.05) is 0 Å². The van der Waals surface area contributed by atoms with Crippen LogP contribution < -0.4 is 9.80 Å². The Morgan fingerprint density at radius 2 is 1.29 bits per heavy atom. The average Bonchev–Trinajstić information content (AvgIpc) is 2.78. The summed E-state index contributed by atoms with van der Waals surface area (Å²) in [5.41, 5.74) is -0.0135. The van der Waals surface area contributed by atoms with Crippen molar-refractivity contribution in [2.75, 3.05) is 69.2 Å². The first-order chi connectivity index (χ1) is 15.1. The molecular weight excluding hydrogens is 388 g/mol. The number of hydrogen-bond acceptors (Lipinski definition) is 6. The number of likely N-dealkylation sites (N-methyl/N-ethyl adjacent to an activating group) is 1. The van der Waals surface area contributed by atoms with Crippen LogP contribution in [0.25, 0.3) is 0 Å². The van der Waals surface area contributed by atoms with Gasteiger partial charge >= 0.3 is 0 Å². The molecule has 4 saturated carbocycles. The van der Waals surface area contributed by atoms with Gasteiger partial charge in [-0.05, 0) is 63.3 Å². The van der Waals surface area contributed by atoms with Crippen LogP contribution in [0.15, 0.2) is 12.4 Å². The third kappa shape index (κ3) is 3.59. The van der Waals surface area contributed by atoms with Crippen molar-refractivity contribution in [1.29, 1.82) is 0 Å². The van der Waals surface area contributed by atoms with Crippen molar-refractivity contribution in [2.24, 2.45) is 23.2 Å². The van der Waals surface area contributed by atoms with Crippen molar-refractivity contribution >= 4 is 17.5 Å². The molecule has 2 saturated heterocycles. The van der Waals surface area contributed by atoms with Crippen molar-refractivity contribution in [1.82, 2.24) is 19.8 Å². The van der Waals surface area contributed by atoms with Gasteiger partial charge in [-0.3, -0.25) is 4.79 Å². The van der Waals surface area contributed by atoms with Crippen molar-refractivity contribution in [3.05, 3.63) is 12.4 Å². The minimum atomic E-state index is -0.0135. The molecule has 7 rings (SSSR count). The summed E-state index contributed by atoms with van der Waals surface area (Å²) in [7, 11) is 2.17. The maximum absolute atomic E-state index is 13.7. The SMILES string of the molecule is CN1CCN(c2cc(N3CCN(C(=O)C45CC6CC(CC(C6)C4)C5)CC3)ncn2)CC1. The summed E-state index contributed by atoms with van der Waals surface area (Å²) in [6, 6.07) is 2.14. The Bertz CT molecular complexity index is 792. The van der Waals surface area contributed by atoms with Gasteiger partial charge in [0, 0.05) is 58.4 Å². The Morgan fingerprint density at radius 3 is 1.81 bits per heavy atom. The largest absolute Gasteiger partial charge is 0.354 e. The Balaban J connectivity index is 1.10. The number of aromatic nitrogens is 2. The topological polar surface area (TPSA) is 55.8 Å². The summed E-state index contributed by atoms with van der Waals surface area (Å²) in [6.07, 6.45) is 9.38. The molecular formula is C24H36N6O. The van der Waals surface area contributed by atoms with Gasteiger partial charge in [0.2, 0.25) is 5.91 Å². The number of carbonyl (C=O) groups is 1. The van der Waals surface area contributed by atoms with E-state index in [-0.39, 0.29) is 5.41 Å². The minimum Gasteiger partial charge on any atom is -0.354 e. The predicted molar refractivity (Wildman–Crippen MR) is 121 cm³/mol. The molecule has 4 bridgehead atoms. The normalized spacial score (nSPS) is 35.6. The first-order valence-electron chi connectivity index (χ1n) is 12.4. The van der Waals surface area contributed by atoms with E-state index >= 15 is 0 Å². The Kier molecular flexibility index (Phi) is 4.85. The van der Waals surface area contributed by atoms with Crippen molar-refractivity contribution in [3.63, 3.8) is 0 Å². The molecule has 0 unspecified atom stereocenters. The lowest BCUT2D eigenvalue weighted by atomic mass is 9.49. The van der Waals surface area contributed by atoms with E-state index < -0.39 is 0 Å². The number of amides is 1. The molecule has 6 fully saturated rings. The predicted octanol–water partition coefficient (Wildman–Crippen LogP) is 2.09. The second kappa shape index (κ2) is 7.61. The average molecular weight is 425 g/mol. The van der Waals surface area contributed by atoms with Crippen LogP contribution in [0.1, 0.15) is 38.5 Å². The highest BCUT2D eigenvalue weighted by Gasteiger charge is 2.55. The molecule has 0 radical (unpaired) electrons. The molecule has 168 valence electrons. The molecule has 0 N–H and O–H groups in total. The molecule has 1 aromatic rings. The highest BCUT2D eigenvalue weighted by molar-refractivity contribution is 5.83. The second-order valence-electron chi connectivity index (χ2n) is 11.0. The van der Waals surface area contributed by atoms with Crippen LogP contribution in [0.3, 0.4) is 0 Å². The molecule has 1 aromatic heterocycles. The fraction of sp³-hybridized carbons (Fsp3) is 0.792. The smallest absolute Gasteiger partial charge is 0.228 e. The Labute approximate surface area is 185 Å². The summed E-state index contributed by atoms with van der Waals surface area (Å²) in [4.78, 5) is 32.0. The maximum atomic E-state index is 13.7. The van der Waals surface area contributed by atoms with Gasteiger partial charge in [0.15, 0.2) is 0 Å². The van der Waals surface area contributed by atoms with E-state index in [0.717, 1.165) is 81.7 Å². The van der Waals surface area contributed by atoms with Gasteiger partial charge in [0.05, 0.1) is 5.41 Å². The summed E-state index contributed by atoms with van der Waals surface area (Å²) < 4.78 is 0. The summed E-state index contributed by atoms with van der Waals surface area (Å²) in [5, 5.41) is 0. The summed E-state index contributed by atoms with van der Waals surface area (Å²) in [6.45, 7) is 7.58. The molecule has 7 nitrogen and oxygen atoms in total. The minimum absolute atomic E-state index is 0.0135. The van der Waals surface area contributed by atoms with Crippen LogP contribution in [0.5, 0.6) is 0 Å². The Hall–Kier alpha value is -1.89. The number of hydrogen-bond donors (Lipinski definition) is 0. The van der Waals surface area contributed by atoms with Gasteiger partial charge in [0.1, 0.15) is 18.0 Å². The highest BCUT2D eigenvalue weighted by Crippen LogP contribution is 2.60. The molecule has 4 aliphatic carbocycles. The monoisotopic (exact) mass is 424 g/mol. The third-order valence-corrected chi connectivity index (χ3v) is 8.85. The molecule has 3 heterocycles. The molecule has 7 heteroatoms. The molecule has 0 aromatic carbocycles. The van der Waals surface area contributed by atoms with E-state index in [0.29, 0.717) is 5.91 Å². The van der Waals surface area contributed by atoms with Crippen molar-refractivity contribution in [2.45, 2.75) is 38.5 Å². The molecule has 0 atom stereocenters. The van der Waals surface area contributed by atoms with E-state index in [2.05, 4.69) is 42.7 Å². The number of carbonyl (C=O) groups excluding carboxylic acids is 1. The van der Waals surface area contributed by atoms with Gasteiger partial charge in [0.25, 0.3) is 0 Å². The zero-order valence-electron chi connectivity index (χ0n) is 18.9. The van der Waals surface area contributed by atoms with Crippen LogP contribution in [0.4, 0.5) is 11.6 Å². The third-order valence-electron chi connectivity index (χ3n) is 8.85. The van der Waals surface area contributed by atoms with E-state index in [1.54, 1.807) is 6.33 Å². The molecule has 2 aliphatic heterocycles. The van der Waals surface area contributed by atoms with Crippen molar-refractivity contribution in [3.8, 4) is 0 Å². The lowest BCUT2D eigenvalue weighted by Gasteiger charge is -2.57. The second-order valence-corrected chi connectivity index (χ2v) is 11.0. The quantitative estimate of drug-likeness (QED) is 0.741. The van der Waals surface area contributed by atoms with E-state index in [1.165, 1.54) is 38.5 Å². The van der Waals surface area contributed by atoms with Crippen LogP contribution >= 0.6 is 0 Å². The van der Waals surface area contributed by atoms with Gasteiger partial charge in [-0.2, -0.15) is 0 Å². The van der Waals surface area contributed by atoms with Crippen LogP contribution in [-0.2, 0) is 4.79 Å². The zero-order valence-corrected chi connectivity index (χ0v) is 18.9. The fourth-order valence-corrected chi connectivity index (χ4v) is 7.57. The Morgan fingerprint density at radius 1 is 0.806 bits per heavy atom. The fourth-order valence-electron chi connectivity index (χ4n) is 7.57. The highest BCUT2D eigenvalue weighted by atomic mass is 16.2. The number of anilines is 2. The van der Waals surface area contributed by atoms with Crippen LogP contribution in [0, 0.1) is 23.2 Å². The maximum Gasteiger partial charge on any atom is 0.228 e. The summed E-state index contributed by atoms with van der Waals surface area (Å²) >= 11 is 0. The van der Waals surface area contributed by atoms with Gasteiger partial charge in [-0.1, -0.05) is 0 Å². The molecule has 1 amide bonds. The number of piperazine rings is 2. The van der Waals surface area contributed by atoms with Crippen molar-refractivity contribution < 1.29 is 4.79 Å². The standard InChI is InChI=1S/C24H36N6O/c1-27-2-4-28(5-3-27)21-13-22(26-17-25-21)29-6-8-30(9-7-29)23(31)24-14-18-10-19(15-24)12-20(11-18)16-24/h13,17-20H,2-12,14-16H2,1H3. The summed E-state index contributed by atoms with van der Waals surface area (Å²) in [5.74, 6) is 4.99. The first kappa shape index (κ1) is 19.8. The first-order valence-corrected chi connectivity index (χ1v) is 12.4. The van der Waals surface area contributed by atoms with Crippen LogP contribution in [-0.4, -0.2) is 85.1 Å². The lowest BCUT2D eigenvalue weighted by Crippen LogP contribution is -2.58. The lowest BCUT2D eigenvalue weighted by molar-refractivity contribution is -0.158. The number of nitrogens with zero attached hydrogens (tertiary/aromatic N) is 6. The molecule has 31 heavy (non-hydrogen) atoms.